The minimum Gasteiger partial charge on any atom is -0.493 e. The standard InChI is InChI=1S/C26H31N3O4/c1-18-5-6-22(19(2)13-18)27-9-11-28(12-10-27)26(31)17-29-8-7-20-14-23(32-3)24(33-4)15-21(20)16-25(29)30/h5-8,13-15H,9-12,16-17H2,1-4H3. The molecule has 2 heterocycles. The van der Waals surface area contributed by atoms with Crippen LogP contribution >= 0.6 is 0 Å². The number of piperazine rings is 1. The Kier molecular flexibility index (Phi) is 6.58. The molecule has 1 fully saturated rings. The predicted octanol–water partition coefficient (Wildman–Crippen LogP) is 3.02. The summed E-state index contributed by atoms with van der Waals surface area (Å²) in [5, 5.41) is 0. The van der Waals surface area contributed by atoms with Gasteiger partial charge in [-0.1, -0.05) is 17.7 Å². The molecular formula is C26H31N3O4. The van der Waals surface area contributed by atoms with E-state index in [1.54, 1.807) is 20.4 Å². The van der Waals surface area contributed by atoms with Gasteiger partial charge in [-0.2, -0.15) is 0 Å². The average Bonchev–Trinajstić information content (AvgIpc) is 2.96. The summed E-state index contributed by atoms with van der Waals surface area (Å²) in [6.45, 7) is 7.12. The van der Waals surface area contributed by atoms with Crippen LogP contribution in [-0.2, 0) is 16.0 Å². The smallest absolute Gasteiger partial charge is 0.242 e. The van der Waals surface area contributed by atoms with Crippen LogP contribution in [-0.4, -0.2) is 68.6 Å². The molecule has 1 saturated heterocycles. The molecule has 0 spiro atoms. The first-order valence-electron chi connectivity index (χ1n) is 11.2. The lowest BCUT2D eigenvalue weighted by Gasteiger charge is -2.37. The number of carbonyl (C=O) groups is 2. The number of aryl methyl sites for hydroxylation is 2. The van der Waals surface area contributed by atoms with Gasteiger partial charge in [0.25, 0.3) is 0 Å². The Hall–Kier alpha value is -3.48. The highest BCUT2D eigenvalue weighted by atomic mass is 16.5. The number of amides is 2. The van der Waals surface area contributed by atoms with E-state index in [0.29, 0.717) is 24.6 Å². The number of carbonyl (C=O) groups excluding carboxylic acids is 2. The molecule has 0 saturated carbocycles. The molecule has 0 aliphatic carbocycles. The number of hydrogen-bond donors (Lipinski definition) is 0. The summed E-state index contributed by atoms with van der Waals surface area (Å²) in [7, 11) is 3.16. The van der Waals surface area contributed by atoms with Gasteiger partial charge in [0.1, 0.15) is 6.54 Å². The SMILES string of the molecule is COc1cc2c(cc1OC)CC(=O)N(CC(=O)N1CCN(c3ccc(C)cc3C)CC1)C=C2. The van der Waals surface area contributed by atoms with E-state index in [0.717, 1.165) is 24.2 Å². The van der Waals surface area contributed by atoms with E-state index in [9.17, 15) is 9.59 Å². The molecule has 7 nitrogen and oxygen atoms in total. The van der Waals surface area contributed by atoms with Gasteiger partial charge in [-0.15, -0.1) is 0 Å². The number of fused-ring (bicyclic) bond motifs is 1. The number of hydrogen-bond acceptors (Lipinski definition) is 5. The lowest BCUT2D eigenvalue weighted by molar-refractivity contribution is -0.138. The molecule has 2 aliphatic heterocycles. The van der Waals surface area contributed by atoms with E-state index < -0.39 is 0 Å². The van der Waals surface area contributed by atoms with Crippen molar-refractivity contribution in [1.29, 1.82) is 0 Å². The lowest BCUT2D eigenvalue weighted by atomic mass is 10.0. The van der Waals surface area contributed by atoms with E-state index in [1.165, 1.54) is 21.7 Å². The van der Waals surface area contributed by atoms with Crippen LogP contribution in [0.3, 0.4) is 0 Å². The second kappa shape index (κ2) is 9.57. The fourth-order valence-corrected chi connectivity index (χ4v) is 4.51. The molecular weight excluding hydrogens is 418 g/mol. The fraction of sp³-hybridized carbons (Fsp3) is 0.385. The van der Waals surface area contributed by atoms with Crippen molar-refractivity contribution in [3.63, 3.8) is 0 Å². The van der Waals surface area contributed by atoms with E-state index in [2.05, 4.69) is 36.9 Å². The maximum atomic E-state index is 13.0. The molecule has 174 valence electrons. The zero-order valence-electron chi connectivity index (χ0n) is 19.8. The van der Waals surface area contributed by atoms with Gasteiger partial charge in [0, 0.05) is 38.1 Å². The van der Waals surface area contributed by atoms with Crippen LogP contribution in [0, 0.1) is 13.8 Å². The monoisotopic (exact) mass is 449 g/mol. The first kappa shape index (κ1) is 22.7. The van der Waals surface area contributed by atoms with E-state index >= 15 is 0 Å². The van der Waals surface area contributed by atoms with Crippen molar-refractivity contribution in [1.82, 2.24) is 9.80 Å². The van der Waals surface area contributed by atoms with E-state index in [1.807, 2.05) is 23.1 Å². The van der Waals surface area contributed by atoms with Crippen molar-refractivity contribution in [2.45, 2.75) is 20.3 Å². The third kappa shape index (κ3) is 4.82. The van der Waals surface area contributed by atoms with Crippen molar-refractivity contribution in [3.8, 4) is 11.5 Å². The highest BCUT2D eigenvalue weighted by Crippen LogP contribution is 2.32. The van der Waals surface area contributed by atoms with Crippen LogP contribution in [0.4, 0.5) is 5.69 Å². The van der Waals surface area contributed by atoms with Crippen LogP contribution in [0.15, 0.2) is 36.5 Å². The number of benzene rings is 2. The zero-order chi connectivity index (χ0) is 23.5. The number of rotatable bonds is 5. The number of nitrogens with zero attached hydrogens (tertiary/aromatic N) is 3. The molecule has 4 rings (SSSR count). The van der Waals surface area contributed by atoms with Crippen LogP contribution < -0.4 is 14.4 Å². The van der Waals surface area contributed by atoms with Gasteiger partial charge in [0.2, 0.25) is 11.8 Å². The molecule has 0 unspecified atom stereocenters. The zero-order valence-corrected chi connectivity index (χ0v) is 19.8. The Balaban J connectivity index is 1.39. The van der Waals surface area contributed by atoms with Crippen molar-refractivity contribution < 1.29 is 19.1 Å². The second-order valence-corrected chi connectivity index (χ2v) is 8.58. The van der Waals surface area contributed by atoms with Crippen LogP contribution in [0.25, 0.3) is 6.08 Å². The molecule has 0 atom stereocenters. The first-order chi connectivity index (χ1) is 15.9. The van der Waals surface area contributed by atoms with Gasteiger partial charge in [0.15, 0.2) is 11.5 Å². The van der Waals surface area contributed by atoms with E-state index in [4.69, 9.17) is 9.47 Å². The van der Waals surface area contributed by atoms with Crippen LogP contribution in [0.1, 0.15) is 22.3 Å². The summed E-state index contributed by atoms with van der Waals surface area (Å²) in [4.78, 5) is 31.6. The summed E-state index contributed by atoms with van der Waals surface area (Å²) in [5.41, 5.74) is 5.47. The normalized spacial score (nSPS) is 15.9. The minimum absolute atomic E-state index is 0.0330. The molecule has 0 N–H and O–H groups in total. The Morgan fingerprint density at radius 2 is 1.67 bits per heavy atom. The highest BCUT2D eigenvalue weighted by Gasteiger charge is 2.26. The Morgan fingerprint density at radius 1 is 0.970 bits per heavy atom. The fourth-order valence-electron chi connectivity index (χ4n) is 4.51. The van der Waals surface area contributed by atoms with Gasteiger partial charge in [-0.25, -0.2) is 0 Å². The quantitative estimate of drug-likeness (QED) is 0.702. The summed E-state index contributed by atoms with van der Waals surface area (Å²) in [6.07, 6.45) is 3.76. The Morgan fingerprint density at radius 3 is 2.33 bits per heavy atom. The molecule has 7 heteroatoms. The van der Waals surface area contributed by atoms with Gasteiger partial charge >= 0.3 is 0 Å². The maximum absolute atomic E-state index is 13.0. The number of methoxy groups -OCH3 is 2. The summed E-state index contributed by atoms with van der Waals surface area (Å²) >= 11 is 0. The van der Waals surface area contributed by atoms with Crippen molar-refractivity contribution in [2.75, 3.05) is 51.8 Å². The van der Waals surface area contributed by atoms with Gasteiger partial charge in [0.05, 0.1) is 20.6 Å². The lowest BCUT2D eigenvalue weighted by Crippen LogP contribution is -2.51. The molecule has 2 aromatic rings. The first-order valence-corrected chi connectivity index (χ1v) is 11.2. The summed E-state index contributed by atoms with van der Waals surface area (Å²) in [5.74, 6) is 1.05. The highest BCUT2D eigenvalue weighted by molar-refractivity contribution is 5.89. The van der Waals surface area contributed by atoms with Gasteiger partial charge in [-0.3, -0.25) is 9.59 Å². The number of ether oxygens (including phenoxy) is 2. The predicted molar refractivity (Wildman–Crippen MR) is 129 cm³/mol. The summed E-state index contributed by atoms with van der Waals surface area (Å²) < 4.78 is 10.7. The van der Waals surface area contributed by atoms with Crippen molar-refractivity contribution >= 4 is 23.6 Å². The van der Waals surface area contributed by atoms with E-state index in [-0.39, 0.29) is 24.8 Å². The van der Waals surface area contributed by atoms with Crippen LogP contribution in [0.5, 0.6) is 11.5 Å². The molecule has 2 amide bonds. The Labute approximate surface area is 195 Å². The van der Waals surface area contributed by atoms with Crippen LogP contribution in [0.2, 0.25) is 0 Å². The molecule has 0 aromatic heterocycles. The van der Waals surface area contributed by atoms with Crippen molar-refractivity contribution in [3.05, 3.63) is 58.8 Å². The molecule has 2 aliphatic rings. The third-order valence-corrected chi connectivity index (χ3v) is 6.37. The topological polar surface area (TPSA) is 62.3 Å². The van der Waals surface area contributed by atoms with Gasteiger partial charge < -0.3 is 24.2 Å². The molecule has 2 aromatic carbocycles. The number of anilines is 1. The van der Waals surface area contributed by atoms with Gasteiger partial charge in [-0.05, 0) is 54.8 Å². The summed E-state index contributed by atoms with van der Waals surface area (Å²) in [6, 6.07) is 10.2. The molecule has 0 radical (unpaired) electrons. The second-order valence-electron chi connectivity index (χ2n) is 8.58. The van der Waals surface area contributed by atoms with Crippen molar-refractivity contribution in [2.24, 2.45) is 0 Å². The maximum Gasteiger partial charge on any atom is 0.242 e. The average molecular weight is 450 g/mol. The molecule has 0 bridgehead atoms. The molecule has 33 heavy (non-hydrogen) atoms. The third-order valence-electron chi connectivity index (χ3n) is 6.37. The largest absolute Gasteiger partial charge is 0.493 e. The minimum atomic E-state index is -0.112. The Bertz CT molecular complexity index is 1090.